The number of nitrogens with one attached hydrogen (secondary N) is 2. The topological polar surface area (TPSA) is 142 Å². The van der Waals surface area contributed by atoms with Gasteiger partial charge in [0.25, 0.3) is 10.0 Å². The number of sulfonamides is 2. The SMILES string of the molecule is Cc1ccc(CN2C(=O)C(C3=NS(=O)(=O)c4cc(NS(C)(=O)=O)ccc4N3)C(=O)[C@@H]3[C@H]4CC[C@H](C4)[C@@H]32)cc1F. The van der Waals surface area contributed by atoms with E-state index >= 15 is 0 Å². The van der Waals surface area contributed by atoms with Crippen molar-refractivity contribution in [2.45, 2.75) is 43.7 Å². The molecule has 1 unspecified atom stereocenters. The van der Waals surface area contributed by atoms with E-state index in [4.69, 9.17) is 0 Å². The van der Waals surface area contributed by atoms with Gasteiger partial charge in [-0.05, 0) is 73.4 Å². The van der Waals surface area contributed by atoms with Gasteiger partial charge in [0.15, 0.2) is 11.7 Å². The molecule has 10 nitrogen and oxygen atoms in total. The number of halogens is 1. The molecule has 2 bridgehead atoms. The number of carbonyl (C=O) groups excluding carboxylic acids is 2. The highest BCUT2D eigenvalue weighted by Crippen LogP contribution is 2.54. The van der Waals surface area contributed by atoms with E-state index in [1.165, 1.54) is 18.2 Å². The van der Waals surface area contributed by atoms with Crippen LogP contribution in [0.1, 0.15) is 30.4 Å². The van der Waals surface area contributed by atoms with Crippen molar-refractivity contribution < 1.29 is 30.8 Å². The number of nitrogens with zero attached hydrogens (tertiary/aromatic N) is 2. The van der Waals surface area contributed by atoms with Crippen molar-refractivity contribution in [2.24, 2.45) is 28.1 Å². The van der Waals surface area contributed by atoms with Crippen LogP contribution < -0.4 is 10.0 Å². The largest absolute Gasteiger partial charge is 0.341 e. The minimum Gasteiger partial charge on any atom is -0.341 e. The monoisotopic (exact) mass is 574 g/mol. The maximum Gasteiger partial charge on any atom is 0.286 e. The molecule has 2 aromatic rings. The van der Waals surface area contributed by atoms with Gasteiger partial charge in [0.1, 0.15) is 16.5 Å². The van der Waals surface area contributed by atoms with Crippen molar-refractivity contribution in [3.63, 3.8) is 0 Å². The van der Waals surface area contributed by atoms with Gasteiger partial charge in [0.2, 0.25) is 15.9 Å². The van der Waals surface area contributed by atoms with Crippen LogP contribution in [0.5, 0.6) is 0 Å². The smallest absolute Gasteiger partial charge is 0.286 e. The number of ketones is 1. The second-order valence-electron chi connectivity index (χ2n) is 10.9. The first kappa shape index (κ1) is 25.9. The number of aryl methyl sites for hydroxylation is 1. The number of amides is 1. The lowest BCUT2D eigenvalue weighted by Crippen LogP contribution is -2.61. The molecule has 2 heterocycles. The fourth-order valence-corrected chi connectivity index (χ4v) is 8.42. The Morgan fingerprint density at radius 2 is 1.87 bits per heavy atom. The number of hydrogen-bond donors (Lipinski definition) is 2. The Kier molecular flexibility index (Phi) is 5.88. The molecule has 0 aromatic heterocycles. The second-order valence-corrected chi connectivity index (χ2v) is 14.2. The predicted octanol–water partition coefficient (Wildman–Crippen LogP) is 2.66. The Balaban J connectivity index is 1.38. The first-order chi connectivity index (χ1) is 18.3. The van der Waals surface area contributed by atoms with Crippen molar-refractivity contribution in [1.82, 2.24) is 4.90 Å². The van der Waals surface area contributed by atoms with E-state index in [0.29, 0.717) is 11.1 Å². The summed E-state index contributed by atoms with van der Waals surface area (Å²) in [5.74, 6) is -3.20. The minimum atomic E-state index is -4.37. The summed E-state index contributed by atoms with van der Waals surface area (Å²) in [6.45, 7) is 1.75. The number of rotatable bonds is 5. The van der Waals surface area contributed by atoms with E-state index in [0.717, 1.165) is 31.6 Å². The van der Waals surface area contributed by atoms with Gasteiger partial charge in [-0.25, -0.2) is 12.8 Å². The van der Waals surface area contributed by atoms with E-state index in [2.05, 4.69) is 14.4 Å². The fourth-order valence-electron chi connectivity index (χ4n) is 6.68. The number of benzene rings is 2. The average Bonchev–Trinajstić information content (AvgIpc) is 3.46. The summed E-state index contributed by atoms with van der Waals surface area (Å²) in [4.78, 5) is 29.1. The molecule has 1 saturated heterocycles. The van der Waals surface area contributed by atoms with Gasteiger partial charge < -0.3 is 10.2 Å². The van der Waals surface area contributed by atoms with Gasteiger partial charge in [0.05, 0.1) is 11.9 Å². The minimum absolute atomic E-state index is 0.0337. The summed E-state index contributed by atoms with van der Waals surface area (Å²) in [6, 6.07) is 8.33. The number of likely N-dealkylation sites (tertiary alicyclic amines) is 1. The van der Waals surface area contributed by atoms with Crippen LogP contribution in [0.2, 0.25) is 0 Å². The fraction of sp³-hybridized carbons (Fsp3) is 0.423. The molecular weight excluding hydrogens is 547 g/mol. The third-order valence-electron chi connectivity index (χ3n) is 8.28. The molecule has 5 atom stereocenters. The summed E-state index contributed by atoms with van der Waals surface area (Å²) in [6.07, 6.45) is 3.52. The highest BCUT2D eigenvalue weighted by atomic mass is 32.2. The van der Waals surface area contributed by atoms with Crippen molar-refractivity contribution in [3.8, 4) is 0 Å². The number of Topliss-reactive ketones (excluding diaryl/α,β-unsaturated/α-hetero) is 1. The standard InChI is InChI=1S/C26H27FN4O6S2/c1-13-3-4-14(9-18(13)27)12-31-23-16-6-5-15(10-16)21(23)24(32)22(26(31)33)25-28-19-8-7-17(29-38(2,34)35)11-20(19)39(36,37)30-25/h3-4,7-9,11,15-16,21-23,29H,5-6,10,12H2,1-2H3,(H,28,30)/t15-,16+,21+,22?,23-/m0/s1. The van der Waals surface area contributed by atoms with Crippen molar-refractivity contribution in [3.05, 3.63) is 53.3 Å². The van der Waals surface area contributed by atoms with Gasteiger partial charge in [0, 0.05) is 24.2 Å². The molecule has 2 aliphatic carbocycles. The first-order valence-corrected chi connectivity index (χ1v) is 16.0. The zero-order chi connectivity index (χ0) is 27.9. The van der Waals surface area contributed by atoms with Gasteiger partial charge in [-0.15, -0.1) is 4.40 Å². The van der Waals surface area contributed by atoms with Gasteiger partial charge in [-0.3, -0.25) is 14.3 Å². The van der Waals surface area contributed by atoms with Crippen molar-refractivity contribution in [2.75, 3.05) is 16.3 Å². The van der Waals surface area contributed by atoms with E-state index in [1.807, 2.05) is 0 Å². The lowest BCUT2D eigenvalue weighted by molar-refractivity contribution is -0.153. The summed E-state index contributed by atoms with van der Waals surface area (Å²) in [5.41, 5.74) is 1.19. The van der Waals surface area contributed by atoms with Crippen molar-refractivity contribution >= 4 is 48.9 Å². The number of fused-ring (bicyclic) bond motifs is 6. The number of hydrogen-bond acceptors (Lipinski definition) is 7. The molecule has 1 amide bonds. The molecule has 39 heavy (non-hydrogen) atoms. The maximum absolute atomic E-state index is 14.3. The summed E-state index contributed by atoms with van der Waals surface area (Å²) < 4.78 is 69.9. The first-order valence-electron chi connectivity index (χ1n) is 12.7. The van der Waals surface area contributed by atoms with E-state index in [9.17, 15) is 30.8 Å². The molecule has 6 rings (SSSR count). The van der Waals surface area contributed by atoms with Crippen LogP contribution >= 0.6 is 0 Å². The Hall–Kier alpha value is -3.32. The quantitative estimate of drug-likeness (QED) is 0.523. The normalized spacial score (nSPS) is 28.9. The Morgan fingerprint density at radius 1 is 1.13 bits per heavy atom. The molecule has 0 spiro atoms. The highest BCUT2D eigenvalue weighted by molar-refractivity contribution is 7.92. The third-order valence-corrected chi connectivity index (χ3v) is 10.2. The van der Waals surface area contributed by atoms with E-state index in [1.54, 1.807) is 24.0 Å². The predicted molar refractivity (Wildman–Crippen MR) is 141 cm³/mol. The lowest BCUT2D eigenvalue weighted by atomic mass is 9.73. The molecule has 0 radical (unpaired) electrons. The average molecular weight is 575 g/mol. The molecule has 13 heteroatoms. The van der Waals surface area contributed by atoms with E-state index in [-0.39, 0.29) is 58.1 Å². The molecule has 2 N–H and O–H groups in total. The van der Waals surface area contributed by atoms with Crippen LogP contribution in [0.3, 0.4) is 0 Å². The molecule has 2 aromatic carbocycles. The number of carbonyl (C=O) groups is 2. The Bertz CT molecular complexity index is 1670. The summed E-state index contributed by atoms with van der Waals surface area (Å²) >= 11 is 0. The molecule has 4 aliphatic rings. The Labute approximate surface area is 225 Å². The van der Waals surface area contributed by atoms with Gasteiger partial charge >= 0.3 is 0 Å². The second kappa shape index (κ2) is 8.85. The van der Waals surface area contributed by atoms with Crippen LogP contribution in [-0.2, 0) is 36.2 Å². The van der Waals surface area contributed by atoms with Crippen LogP contribution in [-0.4, -0.2) is 51.6 Å². The van der Waals surface area contributed by atoms with Crippen LogP contribution in [0.25, 0.3) is 0 Å². The maximum atomic E-state index is 14.3. The zero-order valence-electron chi connectivity index (χ0n) is 21.2. The number of piperidine rings is 1. The highest BCUT2D eigenvalue weighted by Gasteiger charge is 2.60. The molecule has 206 valence electrons. The number of anilines is 2. The van der Waals surface area contributed by atoms with Crippen molar-refractivity contribution in [1.29, 1.82) is 0 Å². The van der Waals surface area contributed by atoms with Crippen LogP contribution in [0.15, 0.2) is 45.7 Å². The molecule has 2 aliphatic heterocycles. The summed E-state index contributed by atoms with van der Waals surface area (Å²) in [7, 11) is -8.02. The van der Waals surface area contributed by atoms with E-state index < -0.39 is 37.8 Å². The molecule has 3 fully saturated rings. The molecule has 2 saturated carbocycles. The number of amidine groups is 1. The van der Waals surface area contributed by atoms with Crippen LogP contribution in [0, 0.1) is 36.4 Å². The van der Waals surface area contributed by atoms with Gasteiger partial charge in [-0.2, -0.15) is 8.42 Å². The van der Waals surface area contributed by atoms with Gasteiger partial charge in [-0.1, -0.05) is 12.1 Å². The summed E-state index contributed by atoms with van der Waals surface area (Å²) in [5, 5.41) is 2.86. The third kappa shape index (κ3) is 4.41. The molecular formula is C26H27FN4O6S2. The van der Waals surface area contributed by atoms with Crippen LogP contribution in [0.4, 0.5) is 15.8 Å². The lowest BCUT2D eigenvalue weighted by Gasteiger charge is -2.45. The zero-order valence-corrected chi connectivity index (χ0v) is 22.9. The Morgan fingerprint density at radius 3 is 2.59 bits per heavy atom.